The second-order valence-corrected chi connectivity index (χ2v) is 8.43. The minimum Gasteiger partial charge on any atom is -0.484 e. The maximum atomic E-state index is 13.1. The molecular weight excluding hydrogens is 444 g/mol. The maximum absolute atomic E-state index is 13.1. The Kier molecular flexibility index (Phi) is 8.90. The maximum Gasteiger partial charge on any atom is 0.261 e. The van der Waals surface area contributed by atoms with Crippen LogP contribution in [0.4, 0.5) is 0 Å². The molecule has 0 saturated carbocycles. The molecule has 0 radical (unpaired) electrons. The van der Waals surface area contributed by atoms with Gasteiger partial charge in [0.1, 0.15) is 11.8 Å². The molecule has 0 heterocycles. The highest BCUT2D eigenvalue weighted by Gasteiger charge is 2.26. The molecule has 2 rings (SSSR count). The Balaban J connectivity index is 2.17. The Hall–Kier alpha value is -2.34. The highest BCUT2D eigenvalue weighted by atomic mass is 79.9. The number of nitrogens with zero attached hydrogens (tertiary/aromatic N) is 1. The van der Waals surface area contributed by atoms with Crippen molar-refractivity contribution in [2.75, 3.05) is 13.2 Å². The fourth-order valence-electron chi connectivity index (χ4n) is 3.20. The number of ether oxygens (including phenoxy) is 1. The van der Waals surface area contributed by atoms with Crippen molar-refractivity contribution in [1.82, 2.24) is 10.2 Å². The van der Waals surface area contributed by atoms with Gasteiger partial charge in [0.25, 0.3) is 5.91 Å². The minimum atomic E-state index is -0.596. The van der Waals surface area contributed by atoms with Crippen LogP contribution in [0.2, 0.25) is 0 Å². The van der Waals surface area contributed by atoms with Crippen LogP contribution >= 0.6 is 15.9 Å². The third-order valence-electron chi connectivity index (χ3n) is 4.92. The number of amides is 2. The van der Waals surface area contributed by atoms with Gasteiger partial charge >= 0.3 is 0 Å². The fraction of sp³-hybridized carbons (Fsp3) is 0.417. The molecule has 162 valence electrons. The Morgan fingerprint density at radius 3 is 2.40 bits per heavy atom. The number of carbonyl (C=O) groups excluding carboxylic acids is 2. The lowest BCUT2D eigenvalue weighted by molar-refractivity contribution is -0.142. The Morgan fingerprint density at radius 2 is 1.80 bits per heavy atom. The first kappa shape index (κ1) is 23.9. The molecule has 2 amide bonds. The third kappa shape index (κ3) is 6.59. The Morgan fingerprint density at radius 1 is 1.13 bits per heavy atom. The molecule has 6 heteroatoms. The Bertz CT molecular complexity index is 875. The number of benzene rings is 2. The van der Waals surface area contributed by atoms with Crippen molar-refractivity contribution in [3.63, 3.8) is 0 Å². The second kappa shape index (κ2) is 11.2. The molecular formula is C24H31BrN2O3. The first-order chi connectivity index (χ1) is 14.2. The van der Waals surface area contributed by atoms with Crippen molar-refractivity contribution >= 4 is 27.7 Å². The molecule has 30 heavy (non-hydrogen) atoms. The van der Waals surface area contributed by atoms with E-state index in [0.717, 1.165) is 33.1 Å². The highest BCUT2D eigenvalue weighted by Crippen LogP contribution is 2.26. The van der Waals surface area contributed by atoms with Gasteiger partial charge in [-0.1, -0.05) is 52.7 Å². The van der Waals surface area contributed by atoms with Crippen LogP contribution in [-0.4, -0.2) is 35.9 Å². The van der Waals surface area contributed by atoms with Gasteiger partial charge in [0.15, 0.2) is 6.61 Å². The van der Waals surface area contributed by atoms with E-state index >= 15 is 0 Å². The van der Waals surface area contributed by atoms with Gasteiger partial charge < -0.3 is 15.0 Å². The van der Waals surface area contributed by atoms with E-state index in [1.165, 1.54) is 0 Å². The molecule has 0 aliphatic carbocycles. The summed E-state index contributed by atoms with van der Waals surface area (Å²) in [6.07, 6.45) is 0.843. The van der Waals surface area contributed by atoms with Gasteiger partial charge in [-0.2, -0.15) is 0 Å². The average molecular weight is 475 g/mol. The SMILES string of the molecule is CCCNC(=O)[C@H](C)N(Cc1cccc(C)c1)C(=O)COc1cc(C)c(Br)c(C)c1. The number of nitrogens with one attached hydrogen (secondary N) is 1. The van der Waals surface area contributed by atoms with Crippen LogP contribution in [0, 0.1) is 20.8 Å². The van der Waals surface area contributed by atoms with E-state index in [1.54, 1.807) is 11.8 Å². The average Bonchev–Trinajstić information content (AvgIpc) is 2.71. The van der Waals surface area contributed by atoms with Crippen molar-refractivity contribution in [3.05, 3.63) is 63.1 Å². The number of hydrogen-bond acceptors (Lipinski definition) is 3. The van der Waals surface area contributed by atoms with Crippen molar-refractivity contribution in [2.45, 2.75) is 53.6 Å². The molecule has 0 aromatic heterocycles. The van der Waals surface area contributed by atoms with Crippen LogP contribution in [0.1, 0.15) is 42.5 Å². The summed E-state index contributed by atoms with van der Waals surface area (Å²) in [7, 11) is 0. The lowest BCUT2D eigenvalue weighted by Gasteiger charge is -2.29. The van der Waals surface area contributed by atoms with Crippen molar-refractivity contribution in [1.29, 1.82) is 0 Å². The summed E-state index contributed by atoms with van der Waals surface area (Å²) >= 11 is 3.54. The minimum absolute atomic E-state index is 0.127. The molecule has 0 saturated heterocycles. The number of rotatable bonds is 9. The van der Waals surface area contributed by atoms with Gasteiger partial charge in [-0.15, -0.1) is 0 Å². The van der Waals surface area contributed by atoms with Gasteiger partial charge in [-0.3, -0.25) is 9.59 Å². The predicted octanol–water partition coefficient (Wildman–Crippen LogP) is 4.70. The fourth-order valence-corrected chi connectivity index (χ4v) is 3.43. The van der Waals surface area contributed by atoms with Gasteiger partial charge in [-0.05, 0) is 62.9 Å². The van der Waals surface area contributed by atoms with Crippen molar-refractivity contribution in [2.24, 2.45) is 0 Å². The zero-order valence-electron chi connectivity index (χ0n) is 18.4. The lowest BCUT2D eigenvalue weighted by Crippen LogP contribution is -2.49. The van der Waals surface area contributed by atoms with E-state index in [9.17, 15) is 9.59 Å². The normalized spacial score (nSPS) is 11.7. The number of aryl methyl sites for hydroxylation is 3. The summed E-state index contributed by atoms with van der Waals surface area (Å²) in [6.45, 7) is 10.5. The Labute approximate surface area is 187 Å². The molecule has 0 unspecified atom stereocenters. The summed E-state index contributed by atoms with van der Waals surface area (Å²) in [5, 5.41) is 2.88. The van der Waals surface area contributed by atoms with Crippen molar-refractivity contribution in [3.8, 4) is 5.75 Å². The van der Waals surface area contributed by atoms with Crippen LogP contribution in [0.25, 0.3) is 0 Å². The van der Waals surface area contributed by atoms with Crippen molar-refractivity contribution < 1.29 is 14.3 Å². The van der Waals surface area contributed by atoms with Gasteiger partial charge in [0, 0.05) is 17.6 Å². The summed E-state index contributed by atoms with van der Waals surface area (Å²) in [4.78, 5) is 27.2. The zero-order valence-corrected chi connectivity index (χ0v) is 20.0. The quantitative estimate of drug-likeness (QED) is 0.572. The summed E-state index contributed by atoms with van der Waals surface area (Å²) < 4.78 is 6.83. The molecule has 2 aromatic rings. The van der Waals surface area contributed by atoms with Gasteiger partial charge in [-0.25, -0.2) is 0 Å². The van der Waals surface area contributed by atoms with Gasteiger partial charge in [0.05, 0.1) is 0 Å². The second-order valence-electron chi connectivity index (χ2n) is 7.64. The monoisotopic (exact) mass is 474 g/mol. The molecule has 0 aliphatic rings. The van der Waals surface area contributed by atoms with E-state index < -0.39 is 6.04 Å². The highest BCUT2D eigenvalue weighted by molar-refractivity contribution is 9.10. The van der Waals surface area contributed by atoms with E-state index in [4.69, 9.17) is 4.74 Å². The summed E-state index contributed by atoms with van der Waals surface area (Å²) in [5.74, 6) is 0.252. The predicted molar refractivity (Wildman–Crippen MR) is 124 cm³/mol. The lowest BCUT2D eigenvalue weighted by atomic mass is 10.1. The number of halogens is 1. The van der Waals surface area contributed by atoms with E-state index in [1.807, 2.05) is 64.1 Å². The number of carbonyl (C=O) groups is 2. The summed E-state index contributed by atoms with van der Waals surface area (Å²) in [6, 6.07) is 11.2. The largest absolute Gasteiger partial charge is 0.484 e. The molecule has 1 N–H and O–H groups in total. The topological polar surface area (TPSA) is 58.6 Å². The van der Waals surface area contributed by atoms with Crippen LogP contribution in [0.5, 0.6) is 5.75 Å². The smallest absolute Gasteiger partial charge is 0.261 e. The van der Waals surface area contributed by atoms with E-state index in [2.05, 4.69) is 21.2 Å². The van der Waals surface area contributed by atoms with E-state index in [0.29, 0.717) is 18.8 Å². The van der Waals surface area contributed by atoms with Gasteiger partial charge in [0.2, 0.25) is 5.91 Å². The molecule has 1 atom stereocenters. The molecule has 0 spiro atoms. The van der Waals surface area contributed by atoms with Crippen LogP contribution < -0.4 is 10.1 Å². The first-order valence-electron chi connectivity index (χ1n) is 10.2. The molecule has 0 bridgehead atoms. The third-order valence-corrected chi connectivity index (χ3v) is 6.18. The number of hydrogen-bond donors (Lipinski definition) is 1. The zero-order chi connectivity index (χ0) is 22.3. The van der Waals surface area contributed by atoms with Crippen LogP contribution in [0.3, 0.4) is 0 Å². The standard InChI is InChI=1S/C24H31BrN2O3/c1-6-10-26-24(29)19(5)27(14-20-9-7-8-16(2)11-20)22(28)15-30-21-12-17(3)23(25)18(4)13-21/h7-9,11-13,19H,6,10,14-15H2,1-5H3,(H,26,29)/t19-/m0/s1. The molecule has 5 nitrogen and oxygen atoms in total. The van der Waals surface area contributed by atoms with Crippen LogP contribution in [0.15, 0.2) is 40.9 Å². The molecule has 0 fully saturated rings. The first-order valence-corrected chi connectivity index (χ1v) is 11.0. The molecule has 0 aliphatic heterocycles. The molecule has 2 aromatic carbocycles. The van der Waals surface area contributed by atoms with Crippen LogP contribution in [-0.2, 0) is 16.1 Å². The van der Waals surface area contributed by atoms with E-state index in [-0.39, 0.29) is 18.4 Å². The summed E-state index contributed by atoms with van der Waals surface area (Å²) in [5.41, 5.74) is 4.18.